The van der Waals surface area contributed by atoms with E-state index in [4.69, 9.17) is 9.47 Å². The van der Waals surface area contributed by atoms with Crippen LogP contribution in [0.1, 0.15) is 80.1 Å². The van der Waals surface area contributed by atoms with Gasteiger partial charge in [-0.1, -0.05) is 26.3 Å². The minimum absolute atomic E-state index is 0.125. The zero-order valence-electron chi connectivity index (χ0n) is 18.8. The molecule has 0 N–H and O–H groups in total. The summed E-state index contributed by atoms with van der Waals surface area (Å²) >= 11 is 0. The van der Waals surface area contributed by atoms with Gasteiger partial charge in [-0.2, -0.15) is 0 Å². The molecule has 160 valence electrons. The highest BCUT2D eigenvalue weighted by Gasteiger charge is 2.75. The van der Waals surface area contributed by atoms with Crippen LogP contribution >= 0.6 is 0 Å². The van der Waals surface area contributed by atoms with E-state index >= 15 is 0 Å². The summed E-state index contributed by atoms with van der Waals surface area (Å²) in [6.07, 6.45) is 7.64. The molecule has 4 heteroatoms. The van der Waals surface area contributed by atoms with E-state index in [0.29, 0.717) is 35.9 Å². The third-order valence-electron chi connectivity index (χ3n) is 9.79. The number of rotatable bonds is 1. The van der Waals surface area contributed by atoms with Gasteiger partial charge in [-0.3, -0.25) is 9.59 Å². The first-order chi connectivity index (χ1) is 13.4. The highest BCUT2D eigenvalue weighted by atomic mass is 16.8. The Morgan fingerprint density at radius 2 is 1.83 bits per heavy atom. The second kappa shape index (κ2) is 5.82. The molecular formula is C25H36O4. The summed E-state index contributed by atoms with van der Waals surface area (Å²) in [5.74, 6) is 1.76. The maximum absolute atomic E-state index is 13.1. The first kappa shape index (κ1) is 19.9. The molecule has 0 aromatic rings. The van der Waals surface area contributed by atoms with E-state index in [1.165, 1.54) is 5.57 Å². The summed E-state index contributed by atoms with van der Waals surface area (Å²) in [6, 6.07) is 0. The number of carbonyl (C=O) groups excluding carboxylic acids is 2. The van der Waals surface area contributed by atoms with E-state index in [2.05, 4.69) is 20.8 Å². The Morgan fingerprint density at radius 3 is 2.52 bits per heavy atom. The van der Waals surface area contributed by atoms with Gasteiger partial charge in [0.25, 0.3) is 0 Å². The van der Waals surface area contributed by atoms with Crippen LogP contribution in [0.2, 0.25) is 0 Å². The van der Waals surface area contributed by atoms with Gasteiger partial charge in [0.1, 0.15) is 0 Å². The fourth-order valence-corrected chi connectivity index (χ4v) is 8.73. The predicted octanol–water partition coefficient (Wildman–Crippen LogP) is 4.85. The summed E-state index contributed by atoms with van der Waals surface area (Å²) in [7, 11) is 0. The maximum Gasteiger partial charge on any atom is 0.164 e. The molecule has 4 aliphatic carbocycles. The number of allylic oxidation sites excluding steroid dienone is 1. The van der Waals surface area contributed by atoms with Gasteiger partial charge in [0, 0.05) is 11.8 Å². The van der Waals surface area contributed by atoms with Crippen LogP contribution < -0.4 is 0 Å². The lowest BCUT2D eigenvalue weighted by atomic mass is 9.44. The topological polar surface area (TPSA) is 52.6 Å². The molecule has 0 bridgehead atoms. The van der Waals surface area contributed by atoms with Gasteiger partial charge in [-0.05, 0) is 88.0 Å². The Kier molecular flexibility index (Phi) is 4.00. The normalized spacial score (nSPS) is 52.8. The van der Waals surface area contributed by atoms with Gasteiger partial charge in [-0.25, -0.2) is 0 Å². The van der Waals surface area contributed by atoms with Crippen LogP contribution in [0, 0.1) is 34.5 Å². The van der Waals surface area contributed by atoms with Crippen LogP contribution in [0.5, 0.6) is 0 Å². The highest BCUT2D eigenvalue weighted by Crippen LogP contribution is 2.71. The van der Waals surface area contributed by atoms with Crippen molar-refractivity contribution in [3.8, 4) is 0 Å². The zero-order valence-corrected chi connectivity index (χ0v) is 18.8. The molecule has 1 aliphatic heterocycles. The quantitative estimate of drug-likeness (QED) is 0.631. The van der Waals surface area contributed by atoms with E-state index < -0.39 is 11.4 Å². The Balaban J connectivity index is 1.56. The third-order valence-corrected chi connectivity index (χ3v) is 9.79. The van der Waals surface area contributed by atoms with E-state index in [0.717, 1.165) is 32.1 Å². The summed E-state index contributed by atoms with van der Waals surface area (Å²) in [6.45, 7) is 12.6. The van der Waals surface area contributed by atoms with Crippen molar-refractivity contribution in [2.45, 2.75) is 97.6 Å². The molecule has 0 radical (unpaired) electrons. The Bertz CT molecular complexity index is 812. The van der Waals surface area contributed by atoms with Crippen molar-refractivity contribution in [1.82, 2.24) is 0 Å². The van der Waals surface area contributed by atoms with Crippen molar-refractivity contribution in [2.75, 3.05) is 0 Å². The molecule has 5 aliphatic rings. The second-order valence-corrected chi connectivity index (χ2v) is 11.6. The molecular weight excluding hydrogens is 364 g/mol. The molecule has 0 unspecified atom stereocenters. The van der Waals surface area contributed by atoms with Crippen LogP contribution in [-0.4, -0.2) is 29.1 Å². The largest absolute Gasteiger partial charge is 0.344 e. The second-order valence-electron chi connectivity index (χ2n) is 11.6. The van der Waals surface area contributed by atoms with Crippen molar-refractivity contribution < 1.29 is 19.1 Å². The molecule has 4 nitrogen and oxygen atoms in total. The Morgan fingerprint density at radius 1 is 1.10 bits per heavy atom. The van der Waals surface area contributed by atoms with Crippen LogP contribution in [-0.2, 0) is 19.1 Å². The number of ketones is 2. The maximum atomic E-state index is 13.1. The molecule has 0 aromatic heterocycles. The zero-order chi connectivity index (χ0) is 21.0. The molecule has 1 heterocycles. The van der Waals surface area contributed by atoms with Crippen LogP contribution in [0.3, 0.4) is 0 Å². The van der Waals surface area contributed by atoms with Crippen LogP contribution in [0.15, 0.2) is 11.6 Å². The number of hydrogen-bond donors (Lipinski definition) is 0. The molecule has 0 aromatic carbocycles. The summed E-state index contributed by atoms with van der Waals surface area (Å²) in [4.78, 5) is 25.3. The lowest BCUT2D eigenvalue weighted by molar-refractivity contribution is -0.214. The molecule has 4 fully saturated rings. The minimum Gasteiger partial charge on any atom is -0.344 e. The average molecular weight is 401 g/mol. The van der Waals surface area contributed by atoms with Gasteiger partial charge >= 0.3 is 0 Å². The van der Waals surface area contributed by atoms with Crippen molar-refractivity contribution >= 4 is 11.6 Å². The lowest BCUT2D eigenvalue weighted by Gasteiger charge is -2.60. The van der Waals surface area contributed by atoms with Crippen LogP contribution in [0.25, 0.3) is 0 Å². The summed E-state index contributed by atoms with van der Waals surface area (Å²) in [5.41, 5.74) is 0.529. The summed E-state index contributed by atoms with van der Waals surface area (Å²) in [5, 5.41) is 0. The van der Waals surface area contributed by atoms with Gasteiger partial charge in [0.05, 0.1) is 6.10 Å². The van der Waals surface area contributed by atoms with Crippen molar-refractivity contribution in [1.29, 1.82) is 0 Å². The number of fused-ring (bicyclic) bond motifs is 7. The Labute approximate surface area is 174 Å². The molecule has 3 saturated carbocycles. The molecule has 8 atom stereocenters. The van der Waals surface area contributed by atoms with Crippen molar-refractivity contribution in [2.24, 2.45) is 34.5 Å². The first-order valence-corrected chi connectivity index (χ1v) is 11.6. The molecule has 5 rings (SSSR count). The van der Waals surface area contributed by atoms with E-state index in [1.807, 2.05) is 19.9 Å². The Hall–Kier alpha value is -1.00. The third kappa shape index (κ3) is 2.34. The fraction of sp³-hybridized carbons (Fsp3) is 0.840. The molecule has 29 heavy (non-hydrogen) atoms. The lowest BCUT2D eigenvalue weighted by Crippen LogP contribution is -2.60. The van der Waals surface area contributed by atoms with E-state index in [1.54, 1.807) is 6.92 Å². The fourth-order valence-electron chi connectivity index (χ4n) is 8.73. The van der Waals surface area contributed by atoms with Gasteiger partial charge in [-0.15, -0.1) is 0 Å². The summed E-state index contributed by atoms with van der Waals surface area (Å²) < 4.78 is 12.9. The monoisotopic (exact) mass is 400 g/mol. The minimum atomic E-state index is -0.811. The van der Waals surface area contributed by atoms with Gasteiger partial charge in [0.15, 0.2) is 23.0 Å². The SMILES string of the molecule is CC(=O)[C@]12OC(C)(C)O[C@H]1C[C@H]1[C@@H]3C[C@@H](C)C4=CC(=O)CC[C@]4(C)[C@H]3CC[C@@]12C. The number of ether oxygens (including phenoxy) is 2. The van der Waals surface area contributed by atoms with Gasteiger partial charge < -0.3 is 9.47 Å². The van der Waals surface area contributed by atoms with Gasteiger partial charge in [0.2, 0.25) is 0 Å². The smallest absolute Gasteiger partial charge is 0.164 e. The van der Waals surface area contributed by atoms with Crippen LogP contribution in [0.4, 0.5) is 0 Å². The number of hydrogen-bond acceptors (Lipinski definition) is 4. The van der Waals surface area contributed by atoms with E-state index in [9.17, 15) is 9.59 Å². The molecule has 0 spiro atoms. The predicted molar refractivity (Wildman–Crippen MR) is 110 cm³/mol. The van der Waals surface area contributed by atoms with E-state index in [-0.39, 0.29) is 22.7 Å². The molecule has 1 saturated heterocycles. The number of carbonyl (C=O) groups is 2. The standard InChI is InChI=1S/C25H36O4/c1-14-11-17-18(23(5)9-7-16(27)12-19(14)23)8-10-24(6)20(17)13-21-25(24,15(2)26)29-22(3,4)28-21/h12,14,17-18,20-21H,7-11,13H2,1-6H3/t14-,17-,18+,20+,21+,23-,24+,25+/m1/s1. The van der Waals surface area contributed by atoms with Crippen molar-refractivity contribution in [3.63, 3.8) is 0 Å². The van der Waals surface area contributed by atoms with Crippen molar-refractivity contribution in [3.05, 3.63) is 11.6 Å². The average Bonchev–Trinajstić information content (AvgIpc) is 3.03. The highest BCUT2D eigenvalue weighted by molar-refractivity contribution is 5.92. The number of Topliss-reactive ketones (excluding diaryl/α,β-unsaturated/α-hetero) is 1. The molecule has 0 amide bonds. The first-order valence-electron chi connectivity index (χ1n) is 11.6.